The fourth-order valence-corrected chi connectivity index (χ4v) is 3.35. The molecule has 0 spiro atoms. The summed E-state index contributed by atoms with van der Waals surface area (Å²) in [5, 5.41) is 4.67. The maximum atomic E-state index is 12.1. The molecule has 2 heterocycles. The molecule has 27 heavy (non-hydrogen) atoms. The number of anilines is 2. The Kier molecular flexibility index (Phi) is 6.47. The molecule has 0 atom stereocenters. The molecule has 1 amide bonds. The highest BCUT2D eigenvalue weighted by molar-refractivity contribution is 7.10. The van der Waals surface area contributed by atoms with Crippen molar-refractivity contribution in [1.82, 2.24) is 0 Å². The lowest BCUT2D eigenvalue weighted by Gasteiger charge is -2.30. The molecule has 0 aliphatic carbocycles. The number of morpholine rings is 1. The number of methoxy groups -OCH3 is 1. The minimum Gasteiger partial charge on any atom is -0.469 e. The first-order valence-electron chi connectivity index (χ1n) is 8.54. The van der Waals surface area contributed by atoms with E-state index in [9.17, 15) is 9.59 Å². The van der Waals surface area contributed by atoms with Crippen LogP contribution in [0.5, 0.6) is 0 Å². The van der Waals surface area contributed by atoms with Crippen molar-refractivity contribution in [1.29, 1.82) is 0 Å². The van der Waals surface area contributed by atoms with E-state index in [-0.39, 0.29) is 12.4 Å². The van der Waals surface area contributed by atoms with Gasteiger partial charge < -0.3 is 19.7 Å². The predicted octanol–water partition coefficient (Wildman–Crippen LogP) is 2.29. The lowest BCUT2D eigenvalue weighted by Crippen LogP contribution is -2.37. The SMILES string of the molecule is COC(=O)Cc1cc(NC(=O)C#Cc2cccs2)ccc1N1CCOCC1. The van der Waals surface area contributed by atoms with E-state index in [1.54, 1.807) is 6.07 Å². The van der Waals surface area contributed by atoms with Gasteiger partial charge in [0.05, 0.1) is 31.6 Å². The van der Waals surface area contributed by atoms with Crippen LogP contribution in [0.15, 0.2) is 35.7 Å². The number of benzene rings is 1. The van der Waals surface area contributed by atoms with E-state index in [0.29, 0.717) is 18.9 Å². The molecule has 0 bridgehead atoms. The molecular weight excluding hydrogens is 364 g/mol. The molecule has 0 unspecified atom stereocenters. The third-order valence-corrected chi connectivity index (χ3v) is 4.86. The Morgan fingerprint density at radius 1 is 1.30 bits per heavy atom. The summed E-state index contributed by atoms with van der Waals surface area (Å²) in [6, 6.07) is 9.27. The van der Waals surface area contributed by atoms with Gasteiger partial charge in [0.1, 0.15) is 0 Å². The summed E-state index contributed by atoms with van der Waals surface area (Å²) >= 11 is 1.48. The standard InChI is InChI=1S/C20H20N2O4S/c1-25-20(24)14-15-13-16(4-6-18(15)22-8-10-26-11-9-22)21-19(23)7-5-17-3-2-12-27-17/h2-4,6,12-13H,8-11,14H2,1H3,(H,21,23). The lowest BCUT2D eigenvalue weighted by atomic mass is 10.1. The number of carbonyl (C=O) groups excluding carboxylic acids is 2. The van der Waals surface area contributed by atoms with Crippen molar-refractivity contribution in [2.24, 2.45) is 0 Å². The molecule has 1 aliphatic rings. The van der Waals surface area contributed by atoms with Crippen LogP contribution in [0.25, 0.3) is 0 Å². The van der Waals surface area contributed by atoms with E-state index in [1.165, 1.54) is 18.4 Å². The van der Waals surface area contributed by atoms with E-state index in [0.717, 1.165) is 29.2 Å². The Balaban J connectivity index is 1.78. The minimum atomic E-state index is -0.397. The first-order chi connectivity index (χ1) is 13.2. The number of rotatable bonds is 4. The predicted molar refractivity (Wildman–Crippen MR) is 105 cm³/mol. The molecule has 3 rings (SSSR count). The number of nitrogens with zero attached hydrogens (tertiary/aromatic N) is 1. The van der Waals surface area contributed by atoms with E-state index in [2.05, 4.69) is 22.1 Å². The molecule has 1 saturated heterocycles. The van der Waals surface area contributed by atoms with Gasteiger partial charge in [0.2, 0.25) is 0 Å². The van der Waals surface area contributed by atoms with Gasteiger partial charge in [-0.15, -0.1) is 11.3 Å². The lowest BCUT2D eigenvalue weighted by molar-refractivity contribution is -0.139. The second kappa shape index (κ2) is 9.21. The molecule has 1 aromatic heterocycles. The van der Waals surface area contributed by atoms with Crippen molar-refractivity contribution in [3.8, 4) is 11.8 Å². The number of carbonyl (C=O) groups is 2. The summed E-state index contributed by atoms with van der Waals surface area (Å²) in [6.07, 6.45) is 0.133. The first-order valence-corrected chi connectivity index (χ1v) is 9.42. The fourth-order valence-electron chi connectivity index (χ4n) is 2.78. The summed E-state index contributed by atoms with van der Waals surface area (Å²) in [5.74, 6) is 4.67. The molecule has 7 heteroatoms. The third-order valence-electron chi connectivity index (χ3n) is 4.07. The Labute approximate surface area is 162 Å². The number of nitrogens with one attached hydrogen (secondary N) is 1. The molecule has 0 radical (unpaired) electrons. The summed E-state index contributed by atoms with van der Waals surface area (Å²) in [7, 11) is 1.36. The summed E-state index contributed by atoms with van der Waals surface area (Å²) in [5.41, 5.74) is 2.34. The molecule has 6 nitrogen and oxygen atoms in total. The largest absolute Gasteiger partial charge is 0.469 e. The van der Waals surface area contributed by atoms with E-state index >= 15 is 0 Å². The Morgan fingerprint density at radius 2 is 2.11 bits per heavy atom. The molecular formula is C20H20N2O4S. The van der Waals surface area contributed by atoms with Gasteiger partial charge in [0.25, 0.3) is 0 Å². The Bertz CT molecular complexity index is 862. The second-order valence-electron chi connectivity index (χ2n) is 5.88. The van der Waals surface area contributed by atoms with Crippen LogP contribution < -0.4 is 10.2 Å². The van der Waals surface area contributed by atoms with Gasteiger partial charge in [-0.25, -0.2) is 0 Å². The van der Waals surface area contributed by atoms with Crippen LogP contribution in [0.1, 0.15) is 10.4 Å². The van der Waals surface area contributed by atoms with Crippen LogP contribution in [0.2, 0.25) is 0 Å². The van der Waals surface area contributed by atoms with Crippen LogP contribution in [0.3, 0.4) is 0 Å². The van der Waals surface area contributed by atoms with Gasteiger partial charge in [0, 0.05) is 30.4 Å². The third kappa shape index (κ3) is 5.33. The molecule has 1 aromatic carbocycles. The minimum absolute atomic E-state index is 0.133. The highest BCUT2D eigenvalue weighted by Gasteiger charge is 2.17. The van der Waals surface area contributed by atoms with Crippen molar-refractivity contribution in [3.63, 3.8) is 0 Å². The molecule has 140 valence electrons. The summed E-state index contributed by atoms with van der Waals surface area (Å²) < 4.78 is 10.2. The second-order valence-corrected chi connectivity index (χ2v) is 6.82. The molecule has 2 aromatic rings. The molecule has 1 aliphatic heterocycles. The summed E-state index contributed by atoms with van der Waals surface area (Å²) in [4.78, 5) is 26.9. The van der Waals surface area contributed by atoms with Gasteiger partial charge in [-0.1, -0.05) is 6.07 Å². The van der Waals surface area contributed by atoms with Crippen molar-refractivity contribution in [2.75, 3.05) is 43.6 Å². The van der Waals surface area contributed by atoms with E-state index in [4.69, 9.17) is 9.47 Å². The van der Waals surface area contributed by atoms with Crippen LogP contribution in [0.4, 0.5) is 11.4 Å². The Morgan fingerprint density at radius 3 is 2.81 bits per heavy atom. The number of esters is 1. The van der Waals surface area contributed by atoms with E-state index in [1.807, 2.05) is 29.6 Å². The fraction of sp³-hybridized carbons (Fsp3) is 0.300. The van der Waals surface area contributed by atoms with E-state index < -0.39 is 5.91 Å². The molecule has 0 saturated carbocycles. The van der Waals surface area contributed by atoms with Gasteiger partial charge in [-0.3, -0.25) is 9.59 Å². The number of hydrogen-bond donors (Lipinski definition) is 1. The zero-order valence-corrected chi connectivity index (χ0v) is 15.8. The number of hydrogen-bond acceptors (Lipinski definition) is 6. The van der Waals surface area contributed by atoms with Gasteiger partial charge >= 0.3 is 11.9 Å². The summed E-state index contributed by atoms with van der Waals surface area (Å²) in [6.45, 7) is 2.81. The maximum Gasteiger partial charge on any atom is 0.310 e. The van der Waals surface area contributed by atoms with Gasteiger partial charge in [-0.2, -0.15) is 0 Å². The average Bonchev–Trinajstić information content (AvgIpc) is 3.21. The monoisotopic (exact) mass is 384 g/mol. The van der Waals surface area contributed by atoms with Crippen LogP contribution in [0, 0.1) is 11.8 Å². The number of thiophene rings is 1. The van der Waals surface area contributed by atoms with Crippen molar-refractivity contribution in [2.45, 2.75) is 6.42 Å². The average molecular weight is 384 g/mol. The smallest absolute Gasteiger partial charge is 0.310 e. The topological polar surface area (TPSA) is 67.9 Å². The van der Waals surface area contributed by atoms with Gasteiger partial charge in [0.15, 0.2) is 0 Å². The van der Waals surface area contributed by atoms with Crippen molar-refractivity contribution in [3.05, 3.63) is 46.2 Å². The quantitative estimate of drug-likeness (QED) is 0.647. The van der Waals surface area contributed by atoms with Crippen LogP contribution in [-0.4, -0.2) is 45.3 Å². The zero-order valence-electron chi connectivity index (χ0n) is 15.0. The highest BCUT2D eigenvalue weighted by Crippen LogP contribution is 2.26. The Hall–Kier alpha value is -2.82. The van der Waals surface area contributed by atoms with Crippen molar-refractivity contribution < 1.29 is 19.1 Å². The molecule has 1 fully saturated rings. The molecule has 1 N–H and O–H groups in total. The maximum absolute atomic E-state index is 12.1. The van der Waals surface area contributed by atoms with Crippen LogP contribution >= 0.6 is 11.3 Å². The number of ether oxygens (including phenoxy) is 2. The first kappa shape index (κ1) is 19.0. The van der Waals surface area contributed by atoms with Crippen molar-refractivity contribution >= 4 is 34.6 Å². The van der Waals surface area contributed by atoms with Crippen LogP contribution in [-0.2, 0) is 25.5 Å². The number of amides is 1. The highest BCUT2D eigenvalue weighted by atomic mass is 32.1. The zero-order chi connectivity index (χ0) is 19.1. The van der Waals surface area contributed by atoms with Gasteiger partial charge in [-0.05, 0) is 41.1 Å². The normalized spacial score (nSPS) is 13.4.